The van der Waals surface area contributed by atoms with Crippen LogP contribution in [0.4, 0.5) is 14.5 Å². The molecule has 0 unspecified atom stereocenters. The van der Waals surface area contributed by atoms with E-state index >= 15 is 0 Å². The molecule has 0 fully saturated rings. The number of anilines is 1. The van der Waals surface area contributed by atoms with E-state index in [2.05, 4.69) is 14.8 Å². The van der Waals surface area contributed by atoms with Crippen LogP contribution in [-0.4, -0.2) is 23.6 Å². The van der Waals surface area contributed by atoms with Gasteiger partial charge in [-0.2, -0.15) is 0 Å². The van der Waals surface area contributed by atoms with Crippen molar-refractivity contribution in [3.8, 4) is 11.5 Å². The number of nitrogens with one attached hydrogen (secondary N) is 1. The van der Waals surface area contributed by atoms with Crippen molar-refractivity contribution >= 4 is 11.6 Å². The minimum Gasteiger partial charge on any atom is -0.395 e. The lowest BCUT2D eigenvalue weighted by atomic mass is 10.1. The van der Waals surface area contributed by atoms with Crippen LogP contribution in [0.5, 0.6) is 11.5 Å². The molecule has 0 radical (unpaired) electrons. The molecule has 138 valence electrons. The first-order valence-corrected chi connectivity index (χ1v) is 8.34. The minimum atomic E-state index is -3.64. The highest BCUT2D eigenvalue weighted by Crippen LogP contribution is 2.43. The fourth-order valence-corrected chi connectivity index (χ4v) is 2.84. The molecule has 0 atom stereocenters. The maximum atomic E-state index is 13.3. The zero-order chi connectivity index (χ0) is 18.7. The first kappa shape index (κ1) is 18.0. The number of para-hydroxylation sites is 2. The maximum Gasteiger partial charge on any atom is 0.586 e. The highest BCUT2D eigenvalue weighted by atomic mass is 19.3. The van der Waals surface area contributed by atoms with E-state index in [0.29, 0.717) is 18.7 Å². The van der Waals surface area contributed by atoms with Gasteiger partial charge >= 0.3 is 6.29 Å². The Hall–Kier alpha value is -2.83. The molecular formula is C19H20F2N2O3. The molecule has 1 aliphatic heterocycles. The fraction of sp³-hybridized carbons (Fsp3) is 0.316. The van der Waals surface area contributed by atoms with Gasteiger partial charge in [-0.1, -0.05) is 30.3 Å². The van der Waals surface area contributed by atoms with Crippen LogP contribution in [0.15, 0.2) is 42.5 Å². The monoisotopic (exact) mass is 362 g/mol. The van der Waals surface area contributed by atoms with Gasteiger partial charge in [-0.25, -0.2) is 0 Å². The molecule has 0 bridgehead atoms. The van der Waals surface area contributed by atoms with Crippen molar-refractivity contribution in [1.29, 1.82) is 0 Å². The lowest BCUT2D eigenvalue weighted by Crippen LogP contribution is -2.28. The number of ether oxygens (including phenoxy) is 2. The Bertz CT molecular complexity index is 811. The van der Waals surface area contributed by atoms with Crippen molar-refractivity contribution in [3.05, 3.63) is 53.6 Å². The molecule has 0 saturated heterocycles. The molecule has 7 heteroatoms. The normalized spacial score (nSPS) is 14.2. The van der Waals surface area contributed by atoms with Gasteiger partial charge in [0, 0.05) is 37.8 Å². The van der Waals surface area contributed by atoms with Gasteiger partial charge in [-0.15, -0.1) is 8.78 Å². The number of rotatable bonds is 6. The number of benzene rings is 2. The van der Waals surface area contributed by atoms with Crippen LogP contribution < -0.4 is 14.8 Å². The Morgan fingerprint density at radius 2 is 1.85 bits per heavy atom. The number of halogens is 2. The summed E-state index contributed by atoms with van der Waals surface area (Å²) in [4.78, 5) is 13.4. The van der Waals surface area contributed by atoms with E-state index in [0.717, 1.165) is 11.3 Å². The second-order valence-electron chi connectivity index (χ2n) is 5.96. The molecule has 0 saturated carbocycles. The zero-order valence-corrected chi connectivity index (χ0v) is 14.6. The van der Waals surface area contributed by atoms with Crippen LogP contribution in [0.2, 0.25) is 0 Å². The molecule has 0 aromatic heterocycles. The smallest absolute Gasteiger partial charge is 0.395 e. The third-order valence-electron chi connectivity index (χ3n) is 4.19. The van der Waals surface area contributed by atoms with Gasteiger partial charge < -0.3 is 19.7 Å². The third-order valence-corrected chi connectivity index (χ3v) is 4.19. The zero-order valence-electron chi connectivity index (χ0n) is 14.6. The molecule has 5 nitrogen and oxygen atoms in total. The van der Waals surface area contributed by atoms with Crippen molar-refractivity contribution in [2.75, 3.05) is 11.9 Å². The number of amides is 1. The number of nitrogens with zero attached hydrogens (tertiary/aromatic N) is 1. The van der Waals surface area contributed by atoms with Gasteiger partial charge in [0.15, 0.2) is 11.5 Å². The van der Waals surface area contributed by atoms with Crippen LogP contribution in [0, 0.1) is 0 Å². The van der Waals surface area contributed by atoms with E-state index in [1.54, 1.807) is 17.0 Å². The van der Waals surface area contributed by atoms with E-state index in [1.165, 1.54) is 13.0 Å². The fourth-order valence-electron chi connectivity index (χ4n) is 2.84. The molecule has 1 amide bonds. The highest BCUT2D eigenvalue weighted by molar-refractivity contribution is 5.73. The summed E-state index contributed by atoms with van der Waals surface area (Å²) in [7, 11) is 0. The Kier molecular flexibility index (Phi) is 4.97. The first-order chi connectivity index (χ1) is 12.4. The molecule has 1 heterocycles. The summed E-state index contributed by atoms with van der Waals surface area (Å²) in [5, 5.41) is 3.24. The van der Waals surface area contributed by atoms with Crippen LogP contribution in [0.25, 0.3) is 0 Å². The first-order valence-electron chi connectivity index (χ1n) is 8.34. The SMILES string of the molecule is CCN(Cc1ccccc1NCc1cccc2c1OC(F)(F)O2)C(C)=O. The lowest BCUT2D eigenvalue weighted by Gasteiger charge is -2.21. The van der Waals surface area contributed by atoms with Crippen molar-refractivity contribution in [2.24, 2.45) is 0 Å². The van der Waals surface area contributed by atoms with E-state index in [-0.39, 0.29) is 24.0 Å². The number of hydrogen-bond acceptors (Lipinski definition) is 4. The van der Waals surface area contributed by atoms with Gasteiger partial charge in [-0.05, 0) is 24.6 Å². The molecule has 1 N–H and O–H groups in total. The predicted molar refractivity (Wildman–Crippen MR) is 93.2 cm³/mol. The Balaban J connectivity index is 1.76. The number of alkyl halides is 2. The van der Waals surface area contributed by atoms with E-state index in [4.69, 9.17) is 0 Å². The lowest BCUT2D eigenvalue weighted by molar-refractivity contribution is -0.286. The highest BCUT2D eigenvalue weighted by Gasteiger charge is 2.44. The van der Waals surface area contributed by atoms with Crippen LogP contribution >= 0.6 is 0 Å². The van der Waals surface area contributed by atoms with Gasteiger partial charge in [0.2, 0.25) is 5.91 Å². The van der Waals surface area contributed by atoms with Crippen molar-refractivity contribution in [3.63, 3.8) is 0 Å². The van der Waals surface area contributed by atoms with E-state index in [9.17, 15) is 13.6 Å². The summed E-state index contributed by atoms with van der Waals surface area (Å²) in [6.45, 7) is 4.81. The minimum absolute atomic E-state index is 0.00374. The summed E-state index contributed by atoms with van der Waals surface area (Å²) < 4.78 is 35.7. The predicted octanol–water partition coefficient (Wildman–Crippen LogP) is 3.99. The van der Waals surface area contributed by atoms with Gasteiger partial charge in [0.1, 0.15) is 0 Å². The summed E-state index contributed by atoms with van der Waals surface area (Å²) in [5.74, 6) is 0.0636. The van der Waals surface area contributed by atoms with Crippen molar-refractivity contribution < 1.29 is 23.0 Å². The standard InChI is InChI=1S/C19H20F2N2O3/c1-3-23(13(2)24)12-15-7-4-5-9-16(15)22-11-14-8-6-10-17-18(14)26-19(20,21)25-17/h4-10,22H,3,11-12H2,1-2H3. The summed E-state index contributed by atoms with van der Waals surface area (Å²) >= 11 is 0. The molecule has 0 spiro atoms. The topological polar surface area (TPSA) is 50.8 Å². The summed E-state index contributed by atoms with van der Waals surface area (Å²) in [5.41, 5.74) is 2.34. The molecular weight excluding hydrogens is 342 g/mol. The number of hydrogen-bond donors (Lipinski definition) is 1. The van der Waals surface area contributed by atoms with Gasteiger partial charge in [-0.3, -0.25) is 4.79 Å². The summed E-state index contributed by atoms with van der Waals surface area (Å²) in [6, 6.07) is 12.4. The Morgan fingerprint density at radius 3 is 2.58 bits per heavy atom. The third kappa shape index (κ3) is 3.87. The van der Waals surface area contributed by atoms with Crippen LogP contribution in [0.3, 0.4) is 0 Å². The largest absolute Gasteiger partial charge is 0.586 e. The summed E-state index contributed by atoms with van der Waals surface area (Å²) in [6.07, 6.45) is -3.64. The molecule has 3 rings (SSSR count). The molecule has 2 aromatic carbocycles. The Morgan fingerprint density at radius 1 is 1.12 bits per heavy atom. The van der Waals surface area contributed by atoms with E-state index < -0.39 is 6.29 Å². The Labute approximate surface area is 150 Å². The maximum absolute atomic E-state index is 13.3. The average Bonchev–Trinajstić information content (AvgIpc) is 2.92. The number of carbonyl (C=O) groups is 1. The van der Waals surface area contributed by atoms with Gasteiger partial charge in [0.25, 0.3) is 0 Å². The molecule has 1 aliphatic rings. The quantitative estimate of drug-likeness (QED) is 0.844. The van der Waals surface area contributed by atoms with Crippen molar-refractivity contribution in [2.45, 2.75) is 33.2 Å². The molecule has 0 aliphatic carbocycles. The number of fused-ring (bicyclic) bond motifs is 1. The van der Waals surface area contributed by atoms with E-state index in [1.807, 2.05) is 31.2 Å². The molecule has 26 heavy (non-hydrogen) atoms. The molecule has 2 aromatic rings. The van der Waals surface area contributed by atoms with Crippen LogP contribution in [0.1, 0.15) is 25.0 Å². The second kappa shape index (κ2) is 7.19. The number of carbonyl (C=O) groups excluding carboxylic acids is 1. The van der Waals surface area contributed by atoms with Crippen molar-refractivity contribution in [1.82, 2.24) is 4.90 Å². The van der Waals surface area contributed by atoms with Crippen LogP contribution in [-0.2, 0) is 17.9 Å². The second-order valence-corrected chi connectivity index (χ2v) is 5.96. The average molecular weight is 362 g/mol. The van der Waals surface area contributed by atoms with Gasteiger partial charge in [0.05, 0.1) is 0 Å².